The Balaban J connectivity index is 2.18. The molecule has 0 spiro atoms. The van der Waals surface area contributed by atoms with Crippen molar-refractivity contribution in [3.05, 3.63) is 54.1 Å². The van der Waals surface area contributed by atoms with Crippen LogP contribution in [0.1, 0.15) is 0 Å². The Hall–Kier alpha value is -2.00. The molecule has 2 aromatic heterocycles. The highest BCUT2D eigenvalue weighted by Gasteiger charge is 2.02. The molecular formula is C13H8ClN3. The van der Waals surface area contributed by atoms with Gasteiger partial charge >= 0.3 is 0 Å². The van der Waals surface area contributed by atoms with E-state index in [0.29, 0.717) is 5.15 Å². The molecule has 0 fully saturated rings. The van der Waals surface area contributed by atoms with Gasteiger partial charge in [0.15, 0.2) is 0 Å². The van der Waals surface area contributed by atoms with E-state index in [2.05, 4.69) is 15.0 Å². The Morgan fingerprint density at radius 2 is 2.00 bits per heavy atom. The van der Waals surface area contributed by atoms with Gasteiger partial charge in [0.1, 0.15) is 5.15 Å². The normalized spacial score (nSPS) is 10.6. The molecular weight excluding hydrogens is 234 g/mol. The second-order valence-corrected chi connectivity index (χ2v) is 4.03. The Morgan fingerprint density at radius 1 is 1.06 bits per heavy atom. The maximum atomic E-state index is 5.82. The van der Waals surface area contributed by atoms with E-state index in [9.17, 15) is 0 Å². The summed E-state index contributed by atoms with van der Waals surface area (Å²) in [4.78, 5) is 12.6. The molecule has 0 saturated heterocycles. The number of benzene rings is 1. The van der Waals surface area contributed by atoms with E-state index in [1.807, 2.05) is 30.3 Å². The number of nitrogens with zero attached hydrogens (tertiary/aromatic N) is 3. The molecule has 0 aliphatic heterocycles. The molecule has 4 heteroatoms. The van der Waals surface area contributed by atoms with Gasteiger partial charge in [0.25, 0.3) is 0 Å². The van der Waals surface area contributed by atoms with Crippen LogP contribution in [-0.2, 0) is 0 Å². The summed E-state index contributed by atoms with van der Waals surface area (Å²) in [5, 5.41) is 1.50. The number of hydrogen-bond donors (Lipinski definition) is 0. The zero-order valence-electron chi connectivity index (χ0n) is 8.84. The number of hydrogen-bond acceptors (Lipinski definition) is 3. The standard InChI is InChI=1S/C13H8ClN3/c14-13-8-15-7-12(17-13)10-4-3-9-2-1-5-16-11(9)6-10/h1-8H. The number of pyridine rings is 1. The summed E-state index contributed by atoms with van der Waals surface area (Å²) in [6.07, 6.45) is 4.98. The van der Waals surface area contributed by atoms with Gasteiger partial charge in [-0.25, -0.2) is 4.98 Å². The van der Waals surface area contributed by atoms with Crippen molar-refractivity contribution < 1.29 is 0 Å². The monoisotopic (exact) mass is 241 g/mol. The number of rotatable bonds is 1. The van der Waals surface area contributed by atoms with Crippen molar-refractivity contribution in [2.24, 2.45) is 0 Å². The van der Waals surface area contributed by atoms with Gasteiger partial charge < -0.3 is 0 Å². The van der Waals surface area contributed by atoms with Crippen LogP contribution in [0.15, 0.2) is 48.9 Å². The molecule has 2 heterocycles. The van der Waals surface area contributed by atoms with Crippen molar-refractivity contribution in [2.45, 2.75) is 0 Å². The number of fused-ring (bicyclic) bond motifs is 1. The van der Waals surface area contributed by atoms with Gasteiger partial charge in [-0.2, -0.15) is 0 Å². The number of halogens is 1. The third-order valence-corrected chi connectivity index (χ3v) is 2.69. The Labute approximate surface area is 103 Å². The second kappa shape index (κ2) is 4.11. The SMILES string of the molecule is Clc1cncc(-c2ccc3cccnc3c2)n1. The maximum Gasteiger partial charge on any atom is 0.148 e. The third kappa shape index (κ3) is 1.97. The molecule has 1 aromatic carbocycles. The molecule has 0 radical (unpaired) electrons. The van der Waals surface area contributed by atoms with Crippen LogP contribution in [0.3, 0.4) is 0 Å². The van der Waals surface area contributed by atoms with Crippen molar-refractivity contribution in [3.63, 3.8) is 0 Å². The first-order valence-corrected chi connectivity index (χ1v) is 5.53. The van der Waals surface area contributed by atoms with Crippen molar-refractivity contribution >= 4 is 22.5 Å². The fourth-order valence-corrected chi connectivity index (χ4v) is 1.85. The lowest BCUT2D eigenvalue weighted by Crippen LogP contribution is -1.87. The van der Waals surface area contributed by atoms with Crippen LogP contribution in [0, 0.1) is 0 Å². The quantitative estimate of drug-likeness (QED) is 0.656. The predicted octanol–water partition coefficient (Wildman–Crippen LogP) is 3.35. The number of aromatic nitrogens is 3. The Morgan fingerprint density at radius 3 is 2.88 bits per heavy atom. The fourth-order valence-electron chi connectivity index (χ4n) is 1.71. The summed E-state index contributed by atoms with van der Waals surface area (Å²) < 4.78 is 0. The first kappa shape index (κ1) is 10.2. The van der Waals surface area contributed by atoms with Gasteiger partial charge in [0.05, 0.1) is 23.6 Å². The van der Waals surface area contributed by atoms with Gasteiger partial charge in [0.2, 0.25) is 0 Å². The smallest absolute Gasteiger partial charge is 0.148 e. The van der Waals surface area contributed by atoms with Crippen molar-refractivity contribution in [1.29, 1.82) is 0 Å². The molecule has 0 atom stereocenters. The summed E-state index contributed by atoms with van der Waals surface area (Å²) in [5.74, 6) is 0. The minimum atomic E-state index is 0.392. The molecule has 0 amide bonds. The third-order valence-electron chi connectivity index (χ3n) is 2.51. The van der Waals surface area contributed by atoms with Gasteiger partial charge in [-0.15, -0.1) is 0 Å². The van der Waals surface area contributed by atoms with Crippen LogP contribution >= 0.6 is 11.6 Å². The van der Waals surface area contributed by atoms with E-state index in [1.165, 1.54) is 6.20 Å². The average molecular weight is 242 g/mol. The lowest BCUT2D eigenvalue weighted by molar-refractivity contribution is 1.21. The minimum Gasteiger partial charge on any atom is -0.259 e. The van der Waals surface area contributed by atoms with Crippen LogP contribution in [-0.4, -0.2) is 15.0 Å². The van der Waals surface area contributed by atoms with Crippen LogP contribution in [0.5, 0.6) is 0 Å². The van der Waals surface area contributed by atoms with E-state index in [-0.39, 0.29) is 0 Å². The van der Waals surface area contributed by atoms with Crippen LogP contribution < -0.4 is 0 Å². The molecule has 0 unspecified atom stereocenters. The maximum absolute atomic E-state index is 5.82. The van der Waals surface area contributed by atoms with E-state index in [4.69, 9.17) is 11.6 Å². The van der Waals surface area contributed by atoms with Crippen LogP contribution in [0.4, 0.5) is 0 Å². The molecule has 3 rings (SSSR count). The topological polar surface area (TPSA) is 38.7 Å². The molecule has 0 bridgehead atoms. The van der Waals surface area contributed by atoms with Crippen molar-refractivity contribution in [1.82, 2.24) is 15.0 Å². The summed E-state index contributed by atoms with van der Waals surface area (Å²) in [5.41, 5.74) is 2.66. The van der Waals surface area contributed by atoms with Gasteiger partial charge in [-0.05, 0) is 12.1 Å². The Kier molecular flexibility index (Phi) is 2.46. The summed E-state index contributed by atoms with van der Waals surface area (Å²) in [6.45, 7) is 0. The first-order chi connectivity index (χ1) is 8.33. The largest absolute Gasteiger partial charge is 0.259 e. The molecule has 0 aliphatic carbocycles. The van der Waals surface area contributed by atoms with Crippen LogP contribution in [0.2, 0.25) is 5.15 Å². The van der Waals surface area contributed by atoms with E-state index in [1.54, 1.807) is 12.4 Å². The first-order valence-electron chi connectivity index (χ1n) is 5.16. The van der Waals surface area contributed by atoms with Gasteiger partial charge in [-0.1, -0.05) is 29.8 Å². The highest BCUT2D eigenvalue weighted by Crippen LogP contribution is 2.21. The zero-order chi connectivity index (χ0) is 11.7. The van der Waals surface area contributed by atoms with Crippen LogP contribution in [0.25, 0.3) is 22.2 Å². The Bertz CT molecular complexity index is 682. The lowest BCUT2D eigenvalue weighted by atomic mass is 10.1. The predicted molar refractivity (Wildman–Crippen MR) is 67.8 cm³/mol. The molecule has 3 nitrogen and oxygen atoms in total. The molecule has 82 valence electrons. The average Bonchev–Trinajstić information content (AvgIpc) is 2.38. The lowest BCUT2D eigenvalue weighted by Gasteiger charge is -2.02. The van der Waals surface area contributed by atoms with Crippen molar-refractivity contribution in [2.75, 3.05) is 0 Å². The molecule has 0 saturated carbocycles. The minimum absolute atomic E-state index is 0.392. The van der Waals surface area contributed by atoms with Gasteiger partial charge in [-0.3, -0.25) is 9.97 Å². The fraction of sp³-hybridized carbons (Fsp3) is 0. The molecule has 0 aliphatic rings. The molecule has 3 aromatic rings. The second-order valence-electron chi connectivity index (χ2n) is 3.64. The van der Waals surface area contributed by atoms with Crippen molar-refractivity contribution in [3.8, 4) is 11.3 Å². The van der Waals surface area contributed by atoms with E-state index in [0.717, 1.165) is 22.2 Å². The summed E-state index contributed by atoms with van der Waals surface area (Å²) in [7, 11) is 0. The summed E-state index contributed by atoms with van der Waals surface area (Å²) in [6, 6.07) is 9.93. The highest BCUT2D eigenvalue weighted by atomic mass is 35.5. The zero-order valence-corrected chi connectivity index (χ0v) is 9.59. The highest BCUT2D eigenvalue weighted by molar-refractivity contribution is 6.29. The van der Waals surface area contributed by atoms with E-state index >= 15 is 0 Å². The summed E-state index contributed by atoms with van der Waals surface area (Å²) >= 11 is 5.82. The molecule has 17 heavy (non-hydrogen) atoms. The molecule has 0 N–H and O–H groups in total. The van der Waals surface area contributed by atoms with E-state index < -0.39 is 0 Å². The van der Waals surface area contributed by atoms with Gasteiger partial charge in [0, 0.05) is 17.1 Å².